The van der Waals surface area contributed by atoms with E-state index < -0.39 is 24.3 Å². The molecule has 0 unspecified atom stereocenters. The van der Waals surface area contributed by atoms with E-state index in [2.05, 4.69) is 5.32 Å². The summed E-state index contributed by atoms with van der Waals surface area (Å²) in [5, 5.41) is 11.7. The molecule has 0 aliphatic heterocycles. The SMILES string of the molecule is O=C(COc1cccc(C(F)(F)F)c1)Nc1cccc(O)c1. The van der Waals surface area contributed by atoms with E-state index in [1.165, 1.54) is 24.3 Å². The van der Waals surface area contributed by atoms with Crippen LogP contribution < -0.4 is 10.1 Å². The van der Waals surface area contributed by atoms with Gasteiger partial charge in [-0.15, -0.1) is 0 Å². The Kier molecular flexibility index (Phi) is 4.55. The van der Waals surface area contributed by atoms with Crippen LogP contribution in [0.5, 0.6) is 11.5 Å². The highest BCUT2D eigenvalue weighted by Gasteiger charge is 2.30. The van der Waals surface area contributed by atoms with Crippen molar-refractivity contribution in [3.8, 4) is 11.5 Å². The summed E-state index contributed by atoms with van der Waals surface area (Å²) in [6, 6.07) is 10.1. The largest absolute Gasteiger partial charge is 0.508 e. The molecule has 0 heterocycles. The highest BCUT2D eigenvalue weighted by Crippen LogP contribution is 2.31. The van der Waals surface area contributed by atoms with E-state index in [4.69, 9.17) is 4.74 Å². The van der Waals surface area contributed by atoms with Crippen molar-refractivity contribution in [1.29, 1.82) is 0 Å². The number of hydrogen-bond acceptors (Lipinski definition) is 3. The van der Waals surface area contributed by atoms with Crippen LogP contribution in [0, 0.1) is 0 Å². The highest BCUT2D eigenvalue weighted by atomic mass is 19.4. The van der Waals surface area contributed by atoms with Gasteiger partial charge in [0.1, 0.15) is 11.5 Å². The van der Waals surface area contributed by atoms with Crippen LogP contribution in [0.3, 0.4) is 0 Å². The highest BCUT2D eigenvalue weighted by molar-refractivity contribution is 5.92. The maximum absolute atomic E-state index is 12.5. The van der Waals surface area contributed by atoms with Crippen LogP contribution >= 0.6 is 0 Å². The average molecular weight is 311 g/mol. The predicted molar refractivity (Wildman–Crippen MR) is 73.7 cm³/mol. The molecule has 0 saturated carbocycles. The summed E-state index contributed by atoms with van der Waals surface area (Å²) in [6.07, 6.45) is -4.47. The Labute approximate surface area is 124 Å². The standard InChI is InChI=1S/C15H12F3NO3/c16-15(17,18)10-3-1-6-13(7-10)22-9-14(21)19-11-4-2-5-12(20)8-11/h1-8,20H,9H2,(H,19,21). The van der Waals surface area contributed by atoms with Crippen molar-refractivity contribution >= 4 is 11.6 Å². The van der Waals surface area contributed by atoms with Gasteiger partial charge < -0.3 is 15.2 Å². The Morgan fingerprint density at radius 2 is 1.86 bits per heavy atom. The quantitative estimate of drug-likeness (QED) is 0.909. The number of ether oxygens (including phenoxy) is 1. The monoisotopic (exact) mass is 311 g/mol. The first-order valence-electron chi connectivity index (χ1n) is 6.23. The first-order chi connectivity index (χ1) is 10.3. The number of amides is 1. The molecule has 22 heavy (non-hydrogen) atoms. The van der Waals surface area contributed by atoms with Crippen LogP contribution in [0.2, 0.25) is 0 Å². The van der Waals surface area contributed by atoms with Gasteiger partial charge in [-0.1, -0.05) is 12.1 Å². The number of aromatic hydroxyl groups is 1. The van der Waals surface area contributed by atoms with Gasteiger partial charge in [-0.25, -0.2) is 0 Å². The van der Waals surface area contributed by atoms with E-state index >= 15 is 0 Å². The fourth-order valence-electron chi connectivity index (χ4n) is 1.69. The molecule has 2 aromatic rings. The van der Waals surface area contributed by atoms with Gasteiger partial charge >= 0.3 is 6.18 Å². The molecule has 0 atom stereocenters. The van der Waals surface area contributed by atoms with Gasteiger partial charge in [-0.2, -0.15) is 13.2 Å². The van der Waals surface area contributed by atoms with Gasteiger partial charge in [0.15, 0.2) is 6.61 Å². The normalized spacial score (nSPS) is 11.0. The number of phenolic OH excluding ortho intramolecular Hbond substituents is 1. The summed E-state index contributed by atoms with van der Waals surface area (Å²) in [6.45, 7) is -0.447. The molecular formula is C15H12F3NO3. The Morgan fingerprint density at radius 3 is 2.55 bits per heavy atom. The van der Waals surface area contributed by atoms with Crippen molar-refractivity contribution < 1.29 is 27.8 Å². The third-order valence-corrected chi connectivity index (χ3v) is 2.66. The number of hydrogen-bond donors (Lipinski definition) is 2. The average Bonchev–Trinajstić information content (AvgIpc) is 2.45. The Morgan fingerprint density at radius 1 is 1.14 bits per heavy atom. The van der Waals surface area contributed by atoms with Gasteiger partial charge in [0.05, 0.1) is 5.56 Å². The van der Waals surface area contributed by atoms with Crippen LogP contribution in [0.25, 0.3) is 0 Å². The fraction of sp³-hybridized carbons (Fsp3) is 0.133. The molecule has 0 saturated heterocycles. The second kappa shape index (κ2) is 6.38. The predicted octanol–water partition coefficient (Wildman–Crippen LogP) is 3.43. The number of phenols is 1. The zero-order valence-electron chi connectivity index (χ0n) is 11.2. The Bertz CT molecular complexity index is 671. The van der Waals surface area contributed by atoms with Gasteiger partial charge in [0.25, 0.3) is 5.91 Å². The molecule has 2 rings (SSSR count). The van der Waals surface area contributed by atoms with E-state index in [0.717, 1.165) is 12.1 Å². The molecule has 1 amide bonds. The summed E-state index contributed by atoms with van der Waals surface area (Å²) in [5.74, 6) is -0.625. The minimum atomic E-state index is -4.47. The number of anilines is 1. The Balaban J connectivity index is 1.94. The summed E-state index contributed by atoms with van der Waals surface area (Å²) < 4.78 is 42.6. The fourth-order valence-corrected chi connectivity index (χ4v) is 1.69. The smallest absolute Gasteiger partial charge is 0.416 e. The van der Waals surface area contributed by atoms with Gasteiger partial charge in [-0.3, -0.25) is 4.79 Å². The van der Waals surface area contributed by atoms with Crippen LogP contribution in [0.1, 0.15) is 5.56 Å². The second-order valence-corrected chi connectivity index (χ2v) is 4.41. The van der Waals surface area contributed by atoms with Crippen molar-refractivity contribution in [1.82, 2.24) is 0 Å². The molecule has 0 spiro atoms. The number of benzene rings is 2. The van der Waals surface area contributed by atoms with Crippen molar-refractivity contribution in [2.45, 2.75) is 6.18 Å². The maximum Gasteiger partial charge on any atom is 0.416 e. The molecule has 4 nitrogen and oxygen atoms in total. The number of halogens is 3. The van der Waals surface area contributed by atoms with Gasteiger partial charge in [0, 0.05) is 11.8 Å². The lowest BCUT2D eigenvalue weighted by atomic mass is 10.2. The lowest BCUT2D eigenvalue weighted by Crippen LogP contribution is -2.20. The van der Waals surface area contributed by atoms with E-state index in [0.29, 0.717) is 5.69 Å². The topological polar surface area (TPSA) is 58.6 Å². The molecule has 0 bridgehead atoms. The van der Waals surface area contributed by atoms with E-state index in [9.17, 15) is 23.1 Å². The van der Waals surface area contributed by atoms with Crippen molar-refractivity contribution in [2.24, 2.45) is 0 Å². The van der Waals surface area contributed by atoms with Gasteiger partial charge in [0.2, 0.25) is 0 Å². The first kappa shape index (κ1) is 15.7. The number of carbonyl (C=O) groups excluding carboxylic acids is 1. The molecule has 2 N–H and O–H groups in total. The molecule has 7 heteroatoms. The van der Waals surface area contributed by atoms with Crippen LogP contribution in [0.15, 0.2) is 48.5 Å². The lowest BCUT2D eigenvalue weighted by molar-refractivity contribution is -0.137. The maximum atomic E-state index is 12.5. The summed E-state index contributed by atoms with van der Waals surface area (Å²) >= 11 is 0. The van der Waals surface area contributed by atoms with E-state index in [-0.39, 0.29) is 11.5 Å². The molecule has 0 aliphatic carbocycles. The van der Waals surface area contributed by atoms with E-state index in [1.54, 1.807) is 12.1 Å². The van der Waals surface area contributed by atoms with Crippen molar-refractivity contribution in [2.75, 3.05) is 11.9 Å². The zero-order chi connectivity index (χ0) is 16.2. The first-order valence-corrected chi connectivity index (χ1v) is 6.23. The lowest BCUT2D eigenvalue weighted by Gasteiger charge is -2.10. The number of nitrogens with one attached hydrogen (secondary N) is 1. The molecule has 0 aromatic heterocycles. The number of alkyl halides is 3. The minimum Gasteiger partial charge on any atom is -0.508 e. The summed E-state index contributed by atoms with van der Waals surface area (Å²) in [4.78, 5) is 11.6. The molecule has 116 valence electrons. The summed E-state index contributed by atoms with van der Waals surface area (Å²) in [5.41, 5.74) is -0.490. The molecule has 2 aromatic carbocycles. The second-order valence-electron chi connectivity index (χ2n) is 4.41. The molecule has 0 aliphatic rings. The minimum absolute atomic E-state index is 0.0170. The van der Waals surface area contributed by atoms with Gasteiger partial charge in [-0.05, 0) is 30.3 Å². The zero-order valence-corrected chi connectivity index (χ0v) is 11.2. The molecular weight excluding hydrogens is 299 g/mol. The third kappa shape index (κ3) is 4.41. The third-order valence-electron chi connectivity index (χ3n) is 2.66. The van der Waals surface area contributed by atoms with Crippen molar-refractivity contribution in [3.05, 3.63) is 54.1 Å². The molecule has 0 radical (unpaired) electrons. The van der Waals surface area contributed by atoms with E-state index in [1.807, 2.05) is 0 Å². The van der Waals surface area contributed by atoms with Crippen molar-refractivity contribution in [3.63, 3.8) is 0 Å². The van der Waals surface area contributed by atoms with Crippen LogP contribution in [-0.2, 0) is 11.0 Å². The van der Waals surface area contributed by atoms with Crippen LogP contribution in [0.4, 0.5) is 18.9 Å². The Hall–Kier alpha value is -2.70. The van der Waals surface area contributed by atoms with Crippen LogP contribution in [-0.4, -0.2) is 17.6 Å². The number of rotatable bonds is 4. The summed E-state index contributed by atoms with van der Waals surface area (Å²) in [7, 11) is 0. The number of carbonyl (C=O) groups is 1. The molecule has 0 fully saturated rings.